The molecule has 11 heteroatoms. The lowest BCUT2D eigenvalue weighted by Crippen LogP contribution is -2.64. The molecule has 0 aromatic carbocycles. The first kappa shape index (κ1) is 18.9. The minimum atomic E-state index is -1.74. The molecule has 0 spiro atoms. The van der Waals surface area contributed by atoms with E-state index >= 15 is 0 Å². The fraction of sp³-hybridized carbons (Fsp3) is 1.00. The third kappa shape index (κ3) is 3.65. The van der Waals surface area contributed by atoms with Gasteiger partial charge in [-0.1, -0.05) is 0 Å². The summed E-state index contributed by atoms with van der Waals surface area (Å²) in [6, 6.07) is 0. The quantitative estimate of drug-likeness (QED) is 0.243. The Morgan fingerprint density at radius 2 is 1.26 bits per heavy atom. The van der Waals surface area contributed by atoms with E-state index in [1.54, 1.807) is 0 Å². The minimum absolute atomic E-state index is 0.667. The lowest BCUT2D eigenvalue weighted by molar-refractivity contribution is -0.355. The maximum Gasteiger partial charge on any atom is 0.187 e. The van der Waals surface area contributed by atoms with Crippen molar-refractivity contribution in [2.24, 2.45) is 0 Å². The third-order valence-corrected chi connectivity index (χ3v) is 3.98. The van der Waals surface area contributed by atoms with E-state index in [0.29, 0.717) is 0 Å². The van der Waals surface area contributed by atoms with E-state index in [9.17, 15) is 35.7 Å². The second-order valence-corrected chi connectivity index (χ2v) is 5.53. The highest BCUT2D eigenvalue weighted by atomic mass is 16.7. The zero-order valence-electron chi connectivity index (χ0n) is 12.0. The molecule has 0 aromatic heterocycles. The van der Waals surface area contributed by atoms with E-state index < -0.39 is 74.6 Å². The van der Waals surface area contributed by atoms with Gasteiger partial charge in [0, 0.05) is 0 Å². The molecule has 11 nitrogen and oxygen atoms in total. The summed E-state index contributed by atoms with van der Waals surface area (Å²) >= 11 is 0. The normalized spacial score (nSPS) is 51.7. The van der Waals surface area contributed by atoms with Crippen LogP contribution in [-0.4, -0.2) is 115 Å². The van der Waals surface area contributed by atoms with Crippen LogP contribution in [0.4, 0.5) is 0 Å². The van der Waals surface area contributed by atoms with Gasteiger partial charge in [-0.2, -0.15) is 0 Å². The fourth-order valence-corrected chi connectivity index (χ4v) is 2.57. The van der Waals surface area contributed by atoms with Gasteiger partial charge in [0.05, 0.1) is 13.2 Å². The second-order valence-electron chi connectivity index (χ2n) is 5.53. The third-order valence-electron chi connectivity index (χ3n) is 3.98. The van der Waals surface area contributed by atoms with Gasteiger partial charge >= 0.3 is 0 Å². The summed E-state index contributed by atoms with van der Waals surface area (Å²) in [6.07, 6.45) is -15.6. The molecule has 0 radical (unpaired) electrons. The van der Waals surface area contributed by atoms with Gasteiger partial charge < -0.3 is 55.1 Å². The SMILES string of the molecule is OCC1O[C@H](O)C(O)C(O)[C@@H]1O[C@@H]1OC(CO)[C@H](O)[C@H](O)C1O. The molecule has 2 fully saturated rings. The number of hydrogen-bond donors (Lipinski definition) is 8. The van der Waals surface area contributed by atoms with E-state index in [2.05, 4.69) is 0 Å². The van der Waals surface area contributed by atoms with Crippen LogP contribution in [0.2, 0.25) is 0 Å². The Labute approximate surface area is 130 Å². The van der Waals surface area contributed by atoms with Crippen LogP contribution in [0.5, 0.6) is 0 Å². The zero-order chi connectivity index (χ0) is 17.3. The molecule has 2 aliphatic heterocycles. The molecule has 2 rings (SSSR count). The van der Waals surface area contributed by atoms with E-state index in [4.69, 9.17) is 19.3 Å². The maximum absolute atomic E-state index is 9.94. The first-order chi connectivity index (χ1) is 10.8. The van der Waals surface area contributed by atoms with Crippen molar-refractivity contribution in [3.8, 4) is 0 Å². The highest BCUT2D eigenvalue weighted by molar-refractivity contribution is 4.93. The standard InChI is InChI=1S/C12H22O11/c13-1-3-5(15)6(16)9(19)12(22-3)23-10-4(2-14)21-11(20)8(18)7(10)17/h3-20H,1-2H2/t3?,4?,5-,6-,7?,8?,9?,10+,11-,12-/m0/s1. The van der Waals surface area contributed by atoms with Gasteiger partial charge in [-0.3, -0.25) is 0 Å². The number of aliphatic hydroxyl groups excluding tert-OH is 8. The minimum Gasteiger partial charge on any atom is -0.394 e. The predicted octanol–water partition coefficient (Wildman–Crippen LogP) is -5.40. The molecule has 0 aliphatic carbocycles. The van der Waals surface area contributed by atoms with Crippen LogP contribution in [-0.2, 0) is 14.2 Å². The Morgan fingerprint density at radius 3 is 1.83 bits per heavy atom. The van der Waals surface area contributed by atoms with Gasteiger partial charge in [0.15, 0.2) is 12.6 Å². The van der Waals surface area contributed by atoms with E-state index in [1.165, 1.54) is 0 Å². The summed E-state index contributed by atoms with van der Waals surface area (Å²) in [5.74, 6) is 0. The van der Waals surface area contributed by atoms with E-state index in [1.807, 2.05) is 0 Å². The van der Waals surface area contributed by atoms with Gasteiger partial charge in [0.25, 0.3) is 0 Å². The molecule has 5 unspecified atom stereocenters. The lowest BCUT2D eigenvalue weighted by atomic mass is 9.97. The smallest absolute Gasteiger partial charge is 0.187 e. The van der Waals surface area contributed by atoms with E-state index in [0.717, 1.165) is 0 Å². The highest BCUT2D eigenvalue weighted by Gasteiger charge is 2.50. The zero-order valence-corrected chi connectivity index (χ0v) is 12.0. The fourth-order valence-electron chi connectivity index (χ4n) is 2.57. The molecule has 0 aromatic rings. The van der Waals surface area contributed by atoms with Crippen molar-refractivity contribution in [2.45, 2.75) is 61.4 Å². The Bertz CT molecular complexity index is 378. The van der Waals surface area contributed by atoms with Crippen molar-refractivity contribution >= 4 is 0 Å². The Hall–Kier alpha value is -0.440. The van der Waals surface area contributed by atoms with Gasteiger partial charge in [0.2, 0.25) is 0 Å². The highest BCUT2D eigenvalue weighted by Crippen LogP contribution is 2.28. The van der Waals surface area contributed by atoms with Gasteiger partial charge in [-0.15, -0.1) is 0 Å². The summed E-state index contributed by atoms with van der Waals surface area (Å²) in [6.45, 7) is -1.35. The molecule has 136 valence electrons. The van der Waals surface area contributed by atoms with Crippen molar-refractivity contribution in [2.75, 3.05) is 13.2 Å². The average molecular weight is 342 g/mol. The van der Waals surface area contributed by atoms with Gasteiger partial charge in [-0.25, -0.2) is 0 Å². The number of ether oxygens (including phenoxy) is 3. The monoisotopic (exact) mass is 342 g/mol. The van der Waals surface area contributed by atoms with Crippen LogP contribution in [0, 0.1) is 0 Å². The molecule has 0 saturated carbocycles. The molecular formula is C12H22O11. The van der Waals surface area contributed by atoms with Crippen LogP contribution in [0.3, 0.4) is 0 Å². The average Bonchev–Trinajstić information content (AvgIpc) is 2.55. The van der Waals surface area contributed by atoms with Crippen LogP contribution in [0.1, 0.15) is 0 Å². The molecule has 10 atom stereocenters. The van der Waals surface area contributed by atoms with Crippen LogP contribution >= 0.6 is 0 Å². The van der Waals surface area contributed by atoms with Crippen LogP contribution < -0.4 is 0 Å². The molecule has 2 saturated heterocycles. The molecular weight excluding hydrogens is 320 g/mol. The molecule has 23 heavy (non-hydrogen) atoms. The first-order valence-corrected chi connectivity index (χ1v) is 7.08. The van der Waals surface area contributed by atoms with Gasteiger partial charge in [0.1, 0.15) is 48.8 Å². The lowest BCUT2D eigenvalue weighted by Gasteiger charge is -2.45. The van der Waals surface area contributed by atoms with Crippen molar-refractivity contribution in [3.05, 3.63) is 0 Å². The Morgan fingerprint density at radius 1 is 0.652 bits per heavy atom. The molecule has 8 N–H and O–H groups in total. The van der Waals surface area contributed by atoms with Gasteiger partial charge in [-0.05, 0) is 0 Å². The second kappa shape index (κ2) is 7.63. The Kier molecular flexibility index (Phi) is 6.27. The topological polar surface area (TPSA) is 190 Å². The Balaban J connectivity index is 2.11. The molecule has 0 amide bonds. The van der Waals surface area contributed by atoms with Crippen molar-refractivity contribution in [1.29, 1.82) is 0 Å². The molecule has 2 aliphatic rings. The van der Waals surface area contributed by atoms with Crippen LogP contribution in [0.15, 0.2) is 0 Å². The summed E-state index contributed by atoms with van der Waals surface area (Å²) in [5.41, 5.74) is 0. The van der Waals surface area contributed by atoms with E-state index in [-0.39, 0.29) is 0 Å². The summed E-state index contributed by atoms with van der Waals surface area (Å²) in [4.78, 5) is 0. The van der Waals surface area contributed by atoms with Crippen LogP contribution in [0.25, 0.3) is 0 Å². The first-order valence-electron chi connectivity index (χ1n) is 7.08. The predicted molar refractivity (Wildman–Crippen MR) is 68.6 cm³/mol. The maximum atomic E-state index is 9.94. The van der Waals surface area contributed by atoms with Crippen molar-refractivity contribution in [3.63, 3.8) is 0 Å². The number of rotatable bonds is 4. The number of hydrogen-bond acceptors (Lipinski definition) is 11. The van der Waals surface area contributed by atoms with Crippen molar-refractivity contribution in [1.82, 2.24) is 0 Å². The summed E-state index contributed by atoms with van der Waals surface area (Å²) < 4.78 is 15.3. The largest absolute Gasteiger partial charge is 0.394 e. The summed E-state index contributed by atoms with van der Waals surface area (Å²) in [7, 11) is 0. The molecule has 0 bridgehead atoms. The summed E-state index contributed by atoms with van der Waals surface area (Å²) in [5, 5.41) is 76.5. The number of aliphatic hydroxyl groups is 8. The van der Waals surface area contributed by atoms with Crippen molar-refractivity contribution < 1.29 is 55.1 Å². The molecule has 2 heterocycles.